The number of rotatable bonds is 11. The first kappa shape index (κ1) is 27.7. The van der Waals surface area contributed by atoms with Crippen LogP contribution in [0.15, 0.2) is 42.5 Å². The van der Waals surface area contributed by atoms with Crippen molar-refractivity contribution in [2.45, 2.75) is 71.3 Å². The van der Waals surface area contributed by atoms with E-state index in [2.05, 4.69) is 5.32 Å². The number of hydrogen-bond donors (Lipinski definition) is 1. The number of amides is 1. The van der Waals surface area contributed by atoms with E-state index in [1.54, 1.807) is 51.1 Å². The summed E-state index contributed by atoms with van der Waals surface area (Å²) in [5.74, 6) is -4.73. The molecule has 2 atom stereocenters. The molecule has 1 aliphatic rings. The molecule has 0 aliphatic heterocycles. The maximum Gasteiger partial charge on any atom is 0.317 e. The zero-order valence-electron chi connectivity index (χ0n) is 21.5. The van der Waals surface area contributed by atoms with Gasteiger partial charge in [0, 0.05) is 17.5 Å². The third-order valence-electron chi connectivity index (χ3n) is 6.64. The van der Waals surface area contributed by atoms with Gasteiger partial charge < -0.3 is 10.1 Å². The van der Waals surface area contributed by atoms with Crippen molar-refractivity contribution in [1.29, 1.82) is 0 Å². The number of unbranched alkanes of at least 4 members (excludes halogenated alkanes) is 1. The van der Waals surface area contributed by atoms with Gasteiger partial charge in [0.15, 0.2) is 11.3 Å². The van der Waals surface area contributed by atoms with E-state index in [0.717, 1.165) is 0 Å². The molecular formula is C28H32N2O7. The number of nitrogens with one attached hydrogen (secondary N) is 1. The molecule has 9 heteroatoms. The van der Waals surface area contributed by atoms with Crippen LogP contribution in [-0.2, 0) is 9.59 Å². The van der Waals surface area contributed by atoms with Crippen LogP contribution in [0.25, 0.3) is 0 Å². The third kappa shape index (κ3) is 5.16. The average molecular weight is 509 g/mol. The van der Waals surface area contributed by atoms with Crippen LogP contribution < -0.4 is 10.1 Å². The predicted octanol–water partition coefficient (Wildman–Crippen LogP) is 5.16. The lowest BCUT2D eigenvalue weighted by atomic mass is 9.76. The van der Waals surface area contributed by atoms with Gasteiger partial charge in [0.25, 0.3) is 5.69 Å². The second-order valence-electron chi connectivity index (χ2n) is 9.53. The lowest BCUT2D eigenvalue weighted by molar-refractivity contribution is -0.385. The Morgan fingerprint density at radius 3 is 2.27 bits per heavy atom. The van der Waals surface area contributed by atoms with Crippen LogP contribution in [0, 0.1) is 16.0 Å². The lowest BCUT2D eigenvalue weighted by Gasteiger charge is -2.34. The molecular weight excluding hydrogens is 476 g/mol. The zero-order valence-corrected chi connectivity index (χ0v) is 21.5. The Kier molecular flexibility index (Phi) is 8.57. The number of nitro groups is 1. The number of hydrogen-bond acceptors (Lipinski definition) is 7. The minimum Gasteiger partial charge on any atom is -0.426 e. The molecule has 3 rings (SSSR count). The van der Waals surface area contributed by atoms with Crippen molar-refractivity contribution in [2.24, 2.45) is 5.92 Å². The number of para-hydroxylation sites is 1. The molecule has 0 saturated carbocycles. The van der Waals surface area contributed by atoms with E-state index in [4.69, 9.17) is 4.74 Å². The first-order valence-electron chi connectivity index (χ1n) is 12.6. The number of carbonyl (C=O) groups excluding carboxylic acids is 4. The smallest absolute Gasteiger partial charge is 0.317 e. The molecule has 37 heavy (non-hydrogen) atoms. The van der Waals surface area contributed by atoms with E-state index in [1.165, 1.54) is 12.1 Å². The van der Waals surface area contributed by atoms with Gasteiger partial charge in [-0.05, 0) is 37.0 Å². The molecule has 1 N–H and O–H groups in total. The highest BCUT2D eigenvalue weighted by molar-refractivity contribution is 6.36. The van der Waals surface area contributed by atoms with Crippen molar-refractivity contribution in [1.82, 2.24) is 5.32 Å². The standard InChI is InChI=1S/C28H32N2O7/c1-5-7-14-22(31)29-28(21(11-6-2)27(34)37-18-12-9-8-10-13-18)25(32)20-16-15-19(17(3)4)24(30(35)36)23(20)26(28)33/h8-10,12-13,15-17,21H,5-7,11,14H2,1-4H3,(H,29,31). The van der Waals surface area contributed by atoms with Crippen molar-refractivity contribution >= 4 is 29.1 Å². The fraction of sp³-hybridized carbons (Fsp3) is 0.429. The molecule has 0 saturated heterocycles. The molecule has 2 aromatic rings. The van der Waals surface area contributed by atoms with Crippen LogP contribution in [0.1, 0.15) is 92.0 Å². The highest BCUT2D eigenvalue weighted by Gasteiger charge is 2.63. The number of nitrogens with zero attached hydrogens (tertiary/aromatic N) is 1. The van der Waals surface area contributed by atoms with Gasteiger partial charge in [-0.15, -0.1) is 0 Å². The highest BCUT2D eigenvalue weighted by atomic mass is 16.6. The average Bonchev–Trinajstić information content (AvgIpc) is 3.07. The monoisotopic (exact) mass is 508 g/mol. The van der Waals surface area contributed by atoms with Gasteiger partial charge in [-0.1, -0.05) is 64.8 Å². The molecule has 2 aromatic carbocycles. The summed E-state index contributed by atoms with van der Waals surface area (Å²) in [6.45, 7) is 7.14. The SMILES string of the molecule is CCCCC(=O)NC1(C(CCC)C(=O)Oc2ccccc2)C(=O)c2ccc(C(C)C)c([N+](=O)[O-])c2C1=O. The first-order valence-corrected chi connectivity index (χ1v) is 12.6. The molecule has 0 fully saturated rings. The van der Waals surface area contributed by atoms with Crippen LogP contribution in [0.3, 0.4) is 0 Å². The summed E-state index contributed by atoms with van der Waals surface area (Å²) in [5, 5.41) is 14.7. The van der Waals surface area contributed by atoms with Crippen LogP contribution in [0.5, 0.6) is 5.75 Å². The fourth-order valence-corrected chi connectivity index (χ4v) is 4.81. The van der Waals surface area contributed by atoms with E-state index >= 15 is 0 Å². The summed E-state index contributed by atoms with van der Waals surface area (Å²) >= 11 is 0. The van der Waals surface area contributed by atoms with Crippen LogP contribution in [-0.4, -0.2) is 33.9 Å². The van der Waals surface area contributed by atoms with E-state index in [-0.39, 0.29) is 41.2 Å². The van der Waals surface area contributed by atoms with Gasteiger partial charge in [0.1, 0.15) is 11.3 Å². The molecule has 0 spiro atoms. The number of ether oxygens (including phenoxy) is 1. The topological polar surface area (TPSA) is 133 Å². The Bertz CT molecular complexity index is 1220. The Labute approximate surface area is 215 Å². The summed E-state index contributed by atoms with van der Waals surface area (Å²) in [6, 6.07) is 11.0. The zero-order chi connectivity index (χ0) is 27.3. The van der Waals surface area contributed by atoms with E-state index in [9.17, 15) is 29.3 Å². The van der Waals surface area contributed by atoms with Crippen LogP contribution in [0.4, 0.5) is 5.69 Å². The molecule has 1 aliphatic carbocycles. The van der Waals surface area contributed by atoms with Gasteiger partial charge in [0.05, 0.1) is 10.8 Å². The summed E-state index contributed by atoms with van der Waals surface area (Å²) in [5.41, 5.74) is -3.06. The van der Waals surface area contributed by atoms with E-state index in [1.807, 2.05) is 6.92 Å². The summed E-state index contributed by atoms with van der Waals surface area (Å²) < 4.78 is 5.54. The maximum atomic E-state index is 14.2. The molecule has 0 heterocycles. The number of benzene rings is 2. The van der Waals surface area contributed by atoms with E-state index < -0.39 is 45.5 Å². The van der Waals surface area contributed by atoms with Gasteiger partial charge in [0.2, 0.25) is 11.7 Å². The van der Waals surface area contributed by atoms with Crippen molar-refractivity contribution in [2.75, 3.05) is 0 Å². The summed E-state index contributed by atoms with van der Waals surface area (Å²) in [4.78, 5) is 66.1. The maximum absolute atomic E-state index is 14.2. The minimum atomic E-state index is -2.34. The third-order valence-corrected chi connectivity index (χ3v) is 6.64. The van der Waals surface area contributed by atoms with Crippen molar-refractivity contribution in [3.8, 4) is 5.75 Å². The van der Waals surface area contributed by atoms with Crippen LogP contribution >= 0.6 is 0 Å². The Balaban J connectivity index is 2.22. The van der Waals surface area contributed by atoms with E-state index in [0.29, 0.717) is 19.3 Å². The number of esters is 1. The number of ketones is 2. The van der Waals surface area contributed by atoms with Gasteiger partial charge in [-0.2, -0.15) is 0 Å². The molecule has 9 nitrogen and oxygen atoms in total. The highest BCUT2D eigenvalue weighted by Crippen LogP contribution is 2.44. The number of carbonyl (C=O) groups is 4. The molecule has 0 aromatic heterocycles. The van der Waals surface area contributed by atoms with Crippen molar-refractivity contribution in [3.63, 3.8) is 0 Å². The molecule has 196 valence electrons. The van der Waals surface area contributed by atoms with Gasteiger partial charge in [-0.3, -0.25) is 29.3 Å². The fourth-order valence-electron chi connectivity index (χ4n) is 4.81. The Hall–Kier alpha value is -3.88. The molecule has 0 bridgehead atoms. The normalized spacial score (nSPS) is 17.4. The molecule has 1 amide bonds. The summed E-state index contributed by atoms with van der Waals surface area (Å²) in [7, 11) is 0. The first-order chi connectivity index (χ1) is 17.6. The Morgan fingerprint density at radius 1 is 1.03 bits per heavy atom. The number of Topliss-reactive ketones (excluding diaryl/α,β-unsaturated/α-hetero) is 2. The second-order valence-corrected chi connectivity index (χ2v) is 9.53. The largest absolute Gasteiger partial charge is 0.426 e. The van der Waals surface area contributed by atoms with Gasteiger partial charge >= 0.3 is 5.97 Å². The Morgan fingerprint density at radius 2 is 1.70 bits per heavy atom. The van der Waals surface area contributed by atoms with Crippen molar-refractivity contribution < 1.29 is 28.8 Å². The number of nitro benzene ring substituents is 1. The van der Waals surface area contributed by atoms with Crippen molar-refractivity contribution in [3.05, 3.63) is 69.3 Å². The minimum absolute atomic E-state index is 0.0288. The van der Waals surface area contributed by atoms with Gasteiger partial charge in [-0.25, -0.2) is 0 Å². The summed E-state index contributed by atoms with van der Waals surface area (Å²) in [6.07, 6.45) is 1.65. The predicted molar refractivity (Wildman–Crippen MR) is 137 cm³/mol. The number of fused-ring (bicyclic) bond motifs is 1. The molecule has 0 radical (unpaired) electrons. The molecule has 2 unspecified atom stereocenters. The van der Waals surface area contributed by atoms with Crippen LogP contribution in [0.2, 0.25) is 0 Å². The second kappa shape index (κ2) is 11.5. The quantitative estimate of drug-likeness (QED) is 0.146. The lowest BCUT2D eigenvalue weighted by Crippen LogP contribution is -2.64.